The summed E-state index contributed by atoms with van der Waals surface area (Å²) in [5.74, 6) is 0.380. The molecule has 22 heavy (non-hydrogen) atoms. The third-order valence-electron chi connectivity index (χ3n) is 4.76. The molecule has 0 spiro atoms. The van der Waals surface area contributed by atoms with E-state index in [-0.39, 0.29) is 23.7 Å². The Bertz CT molecular complexity index is 588. The number of imide groups is 1. The summed E-state index contributed by atoms with van der Waals surface area (Å²) in [4.78, 5) is 26.3. The lowest BCUT2D eigenvalue weighted by Gasteiger charge is -2.23. The zero-order valence-corrected chi connectivity index (χ0v) is 13.0. The van der Waals surface area contributed by atoms with E-state index in [4.69, 9.17) is 4.74 Å². The highest BCUT2D eigenvalue weighted by atomic mass is 16.5. The van der Waals surface area contributed by atoms with Gasteiger partial charge in [0.1, 0.15) is 12.4 Å². The number of amides is 2. The van der Waals surface area contributed by atoms with Crippen LogP contribution in [0.3, 0.4) is 0 Å². The molecule has 0 radical (unpaired) electrons. The fourth-order valence-corrected chi connectivity index (χ4v) is 3.31. The summed E-state index contributed by atoms with van der Waals surface area (Å²) in [6.07, 6.45) is 1.44. The largest absolute Gasteiger partial charge is 0.492 e. The molecular weight excluding hydrogens is 278 g/mol. The van der Waals surface area contributed by atoms with Gasteiger partial charge in [0.15, 0.2) is 0 Å². The predicted molar refractivity (Wildman–Crippen MR) is 83.2 cm³/mol. The number of ether oxygens (including phenoxy) is 1. The van der Waals surface area contributed by atoms with Crippen LogP contribution in [0.15, 0.2) is 41.5 Å². The van der Waals surface area contributed by atoms with Gasteiger partial charge in [-0.05, 0) is 38.8 Å². The van der Waals surface area contributed by atoms with Gasteiger partial charge in [-0.1, -0.05) is 29.3 Å². The Balaban J connectivity index is 1.62. The number of para-hydroxylation sites is 1. The third-order valence-corrected chi connectivity index (χ3v) is 4.76. The fourth-order valence-electron chi connectivity index (χ4n) is 3.31. The van der Waals surface area contributed by atoms with Crippen molar-refractivity contribution in [2.24, 2.45) is 11.8 Å². The Morgan fingerprint density at radius 2 is 1.55 bits per heavy atom. The topological polar surface area (TPSA) is 46.6 Å². The molecule has 1 aromatic rings. The summed E-state index contributed by atoms with van der Waals surface area (Å²) in [5.41, 5.74) is 2.51. The molecule has 4 nitrogen and oxygen atoms in total. The minimum atomic E-state index is -0.159. The Hall–Kier alpha value is -2.10. The van der Waals surface area contributed by atoms with Gasteiger partial charge in [-0.2, -0.15) is 0 Å². The van der Waals surface area contributed by atoms with Crippen molar-refractivity contribution in [2.75, 3.05) is 13.2 Å². The summed E-state index contributed by atoms with van der Waals surface area (Å²) in [6, 6.07) is 9.44. The number of benzene rings is 1. The highest BCUT2D eigenvalue weighted by Crippen LogP contribution is 2.40. The molecule has 2 aliphatic rings. The zero-order chi connectivity index (χ0) is 15.7. The SMILES string of the molecule is CC1=C(C)C[C@H]2C(=O)N(CCOc3ccccc3)C(=O)[C@@H]2C1. The summed E-state index contributed by atoms with van der Waals surface area (Å²) in [7, 11) is 0. The van der Waals surface area contributed by atoms with Crippen molar-refractivity contribution < 1.29 is 14.3 Å². The van der Waals surface area contributed by atoms with Crippen LogP contribution in [-0.2, 0) is 9.59 Å². The molecule has 4 heteroatoms. The quantitative estimate of drug-likeness (QED) is 0.634. The second-order valence-electron chi connectivity index (χ2n) is 6.17. The van der Waals surface area contributed by atoms with Crippen molar-refractivity contribution >= 4 is 11.8 Å². The molecule has 1 aliphatic heterocycles. The normalized spacial score (nSPS) is 24.7. The smallest absolute Gasteiger partial charge is 0.233 e. The van der Waals surface area contributed by atoms with E-state index in [2.05, 4.69) is 13.8 Å². The lowest BCUT2D eigenvalue weighted by molar-refractivity contribution is -0.140. The number of carbonyl (C=O) groups excluding carboxylic acids is 2. The number of hydrogen-bond donors (Lipinski definition) is 0. The number of rotatable bonds is 4. The van der Waals surface area contributed by atoms with Crippen LogP contribution in [0.25, 0.3) is 0 Å². The second kappa shape index (κ2) is 5.95. The Labute approximate surface area is 130 Å². The molecule has 0 aromatic heterocycles. The summed E-state index contributed by atoms with van der Waals surface area (Å²) in [6.45, 7) is 4.79. The van der Waals surface area contributed by atoms with E-state index < -0.39 is 0 Å². The maximum absolute atomic E-state index is 12.5. The highest BCUT2D eigenvalue weighted by Gasteiger charge is 2.48. The van der Waals surface area contributed by atoms with Crippen molar-refractivity contribution in [1.82, 2.24) is 4.90 Å². The van der Waals surface area contributed by atoms with Crippen LogP contribution in [0.4, 0.5) is 0 Å². The summed E-state index contributed by atoms with van der Waals surface area (Å²) < 4.78 is 5.60. The molecule has 116 valence electrons. The van der Waals surface area contributed by atoms with Crippen molar-refractivity contribution in [3.8, 4) is 5.75 Å². The zero-order valence-electron chi connectivity index (χ0n) is 13.0. The van der Waals surface area contributed by atoms with Gasteiger partial charge in [0.05, 0.1) is 18.4 Å². The van der Waals surface area contributed by atoms with Gasteiger partial charge in [-0.15, -0.1) is 0 Å². The second-order valence-corrected chi connectivity index (χ2v) is 6.17. The van der Waals surface area contributed by atoms with Gasteiger partial charge in [-0.25, -0.2) is 0 Å². The van der Waals surface area contributed by atoms with E-state index in [1.165, 1.54) is 16.0 Å². The average molecular weight is 299 g/mol. The monoisotopic (exact) mass is 299 g/mol. The molecule has 1 fully saturated rings. The van der Waals surface area contributed by atoms with Crippen LogP contribution in [-0.4, -0.2) is 29.9 Å². The number of carbonyl (C=O) groups is 2. The lowest BCUT2D eigenvalue weighted by atomic mass is 9.78. The van der Waals surface area contributed by atoms with Crippen molar-refractivity contribution in [3.05, 3.63) is 41.5 Å². The summed E-state index contributed by atoms with van der Waals surface area (Å²) >= 11 is 0. The lowest BCUT2D eigenvalue weighted by Crippen LogP contribution is -2.34. The molecule has 1 aromatic carbocycles. The molecule has 3 rings (SSSR count). The van der Waals surface area contributed by atoms with E-state index in [0.29, 0.717) is 13.2 Å². The minimum absolute atomic E-state index is 0.0292. The first-order chi connectivity index (χ1) is 10.6. The van der Waals surface area contributed by atoms with Crippen molar-refractivity contribution in [1.29, 1.82) is 0 Å². The first kappa shape index (κ1) is 14.8. The van der Waals surface area contributed by atoms with Gasteiger partial charge >= 0.3 is 0 Å². The van der Waals surface area contributed by atoms with Crippen LogP contribution >= 0.6 is 0 Å². The number of nitrogens with zero attached hydrogens (tertiary/aromatic N) is 1. The molecule has 2 amide bonds. The average Bonchev–Trinajstić information content (AvgIpc) is 2.74. The maximum Gasteiger partial charge on any atom is 0.233 e. The van der Waals surface area contributed by atoms with Gasteiger partial charge in [0.25, 0.3) is 0 Å². The summed E-state index contributed by atoms with van der Waals surface area (Å²) in [5, 5.41) is 0. The Morgan fingerprint density at radius 3 is 2.09 bits per heavy atom. The third kappa shape index (κ3) is 2.65. The molecule has 0 N–H and O–H groups in total. The first-order valence-electron chi connectivity index (χ1n) is 7.76. The van der Waals surface area contributed by atoms with E-state index in [0.717, 1.165) is 18.6 Å². The predicted octanol–water partition coefficient (Wildman–Crippen LogP) is 2.80. The maximum atomic E-state index is 12.5. The van der Waals surface area contributed by atoms with Gasteiger partial charge in [-0.3, -0.25) is 14.5 Å². The highest BCUT2D eigenvalue weighted by molar-refractivity contribution is 6.05. The van der Waals surface area contributed by atoms with E-state index in [1.54, 1.807) is 0 Å². The van der Waals surface area contributed by atoms with Crippen LogP contribution in [0, 0.1) is 11.8 Å². The molecule has 0 saturated carbocycles. The van der Waals surface area contributed by atoms with Gasteiger partial charge in [0.2, 0.25) is 11.8 Å². The molecular formula is C18H21NO3. The Kier molecular flexibility index (Phi) is 4.01. The van der Waals surface area contributed by atoms with Crippen LogP contribution in [0.5, 0.6) is 5.75 Å². The van der Waals surface area contributed by atoms with E-state index >= 15 is 0 Å². The first-order valence-corrected chi connectivity index (χ1v) is 7.76. The standard InChI is InChI=1S/C18H21NO3/c1-12-10-15-16(11-13(12)2)18(21)19(17(15)20)8-9-22-14-6-4-3-5-7-14/h3-7,15-16H,8-11H2,1-2H3/t15-,16-/m1/s1. The van der Waals surface area contributed by atoms with Gasteiger partial charge in [0, 0.05) is 0 Å². The molecule has 0 bridgehead atoms. The number of allylic oxidation sites excluding steroid dienone is 2. The van der Waals surface area contributed by atoms with Crippen molar-refractivity contribution in [3.63, 3.8) is 0 Å². The Morgan fingerprint density at radius 1 is 1.00 bits per heavy atom. The van der Waals surface area contributed by atoms with E-state index in [9.17, 15) is 9.59 Å². The van der Waals surface area contributed by atoms with Crippen LogP contribution in [0.1, 0.15) is 26.7 Å². The number of hydrogen-bond acceptors (Lipinski definition) is 3. The molecule has 1 aliphatic carbocycles. The number of likely N-dealkylation sites (tertiary alicyclic amines) is 1. The van der Waals surface area contributed by atoms with Gasteiger partial charge < -0.3 is 4.74 Å². The number of fused-ring (bicyclic) bond motifs is 1. The molecule has 0 unspecified atom stereocenters. The van der Waals surface area contributed by atoms with E-state index in [1.807, 2.05) is 30.3 Å². The molecule has 1 saturated heterocycles. The fraction of sp³-hybridized carbons (Fsp3) is 0.444. The van der Waals surface area contributed by atoms with Crippen LogP contribution < -0.4 is 4.74 Å². The minimum Gasteiger partial charge on any atom is -0.492 e. The molecule has 1 heterocycles. The molecule has 2 atom stereocenters. The van der Waals surface area contributed by atoms with Crippen molar-refractivity contribution in [2.45, 2.75) is 26.7 Å². The van der Waals surface area contributed by atoms with Crippen LogP contribution in [0.2, 0.25) is 0 Å².